The van der Waals surface area contributed by atoms with Crippen molar-refractivity contribution >= 4 is 22.7 Å². The second-order valence-corrected chi connectivity index (χ2v) is 5.45. The number of alkyl halides is 2. The summed E-state index contributed by atoms with van der Waals surface area (Å²) >= 11 is 0.980. The molecule has 1 heterocycles. The van der Waals surface area contributed by atoms with Gasteiger partial charge in [0.05, 0.1) is 5.52 Å². The van der Waals surface area contributed by atoms with Gasteiger partial charge in [0.1, 0.15) is 5.03 Å². The molecule has 0 aliphatic heterocycles. The lowest BCUT2D eigenvalue weighted by Gasteiger charge is -2.08. The predicted octanol–water partition coefficient (Wildman–Crippen LogP) is 5.00. The molecule has 0 radical (unpaired) electrons. The summed E-state index contributed by atoms with van der Waals surface area (Å²) < 4.78 is 52.0. The highest BCUT2D eigenvalue weighted by Gasteiger charge is 2.16. The van der Waals surface area contributed by atoms with Crippen LogP contribution < -0.4 is 0 Å². The van der Waals surface area contributed by atoms with E-state index in [0.717, 1.165) is 23.9 Å². The molecule has 0 saturated carbocycles. The van der Waals surface area contributed by atoms with Crippen molar-refractivity contribution in [2.24, 2.45) is 0 Å². The van der Waals surface area contributed by atoms with Gasteiger partial charge in [0.15, 0.2) is 17.5 Å². The van der Waals surface area contributed by atoms with Crippen LogP contribution in [0.15, 0.2) is 52.4 Å². The van der Waals surface area contributed by atoms with Gasteiger partial charge in [0.2, 0.25) is 0 Å². The highest BCUT2D eigenvalue weighted by molar-refractivity contribution is 7.99. The van der Waals surface area contributed by atoms with Crippen LogP contribution in [0.3, 0.4) is 0 Å². The maximum Gasteiger partial charge on any atom is 0.297 e. The topological polar surface area (TPSA) is 25.8 Å². The first kappa shape index (κ1) is 14.8. The first-order valence-corrected chi connectivity index (χ1v) is 7.04. The lowest BCUT2D eigenvalue weighted by atomic mass is 10.2. The van der Waals surface area contributed by atoms with E-state index >= 15 is 0 Å². The molecular formula is C15H8F4N2S. The fourth-order valence-corrected chi connectivity index (χ4v) is 2.84. The monoisotopic (exact) mass is 324 g/mol. The van der Waals surface area contributed by atoms with E-state index in [-0.39, 0.29) is 5.03 Å². The van der Waals surface area contributed by atoms with Gasteiger partial charge in [-0.1, -0.05) is 30.0 Å². The zero-order chi connectivity index (χ0) is 15.7. The molecule has 0 amide bonds. The van der Waals surface area contributed by atoms with Crippen LogP contribution in [0.5, 0.6) is 0 Å². The van der Waals surface area contributed by atoms with E-state index in [1.807, 2.05) is 0 Å². The molecule has 0 N–H and O–H groups in total. The predicted molar refractivity (Wildman–Crippen MR) is 75.0 cm³/mol. The first-order chi connectivity index (χ1) is 10.5. The molecule has 0 saturated heterocycles. The van der Waals surface area contributed by atoms with Gasteiger partial charge in [-0.05, 0) is 24.3 Å². The highest BCUT2D eigenvalue weighted by Crippen LogP contribution is 2.33. The minimum Gasteiger partial charge on any atom is -0.227 e. The third kappa shape index (κ3) is 2.89. The molecule has 3 aromatic rings. The minimum atomic E-state index is -2.81. The van der Waals surface area contributed by atoms with Crippen LogP contribution in [-0.4, -0.2) is 9.97 Å². The van der Waals surface area contributed by atoms with E-state index in [9.17, 15) is 17.6 Å². The number of rotatable bonds is 3. The van der Waals surface area contributed by atoms with Crippen molar-refractivity contribution in [2.75, 3.05) is 0 Å². The average Bonchev–Trinajstić information content (AvgIpc) is 2.50. The van der Waals surface area contributed by atoms with Gasteiger partial charge in [-0.15, -0.1) is 0 Å². The fourth-order valence-electron chi connectivity index (χ4n) is 1.89. The van der Waals surface area contributed by atoms with Crippen LogP contribution in [0.25, 0.3) is 10.9 Å². The van der Waals surface area contributed by atoms with Crippen molar-refractivity contribution in [3.05, 3.63) is 59.9 Å². The Morgan fingerprint density at radius 1 is 0.909 bits per heavy atom. The number of fused-ring (bicyclic) bond motifs is 1. The first-order valence-electron chi connectivity index (χ1n) is 6.22. The Morgan fingerprint density at radius 3 is 2.41 bits per heavy atom. The Hall–Kier alpha value is -2.15. The van der Waals surface area contributed by atoms with Crippen molar-refractivity contribution in [3.63, 3.8) is 0 Å². The molecule has 2 nitrogen and oxygen atoms in total. The van der Waals surface area contributed by atoms with Crippen LogP contribution in [-0.2, 0) is 0 Å². The van der Waals surface area contributed by atoms with Crippen LogP contribution in [0, 0.1) is 11.6 Å². The summed E-state index contributed by atoms with van der Waals surface area (Å²) in [6.45, 7) is 0. The Labute approximate surface area is 127 Å². The van der Waals surface area contributed by atoms with Crippen LogP contribution in [0.4, 0.5) is 17.6 Å². The Kier molecular flexibility index (Phi) is 3.98. The number of para-hydroxylation sites is 1. The van der Waals surface area contributed by atoms with E-state index in [1.54, 1.807) is 24.3 Å². The van der Waals surface area contributed by atoms with E-state index in [4.69, 9.17) is 0 Å². The molecule has 3 rings (SSSR count). The van der Waals surface area contributed by atoms with Gasteiger partial charge in [-0.2, -0.15) is 0 Å². The van der Waals surface area contributed by atoms with E-state index in [2.05, 4.69) is 9.97 Å². The van der Waals surface area contributed by atoms with Crippen molar-refractivity contribution < 1.29 is 17.6 Å². The molecule has 0 fully saturated rings. The summed E-state index contributed by atoms with van der Waals surface area (Å²) in [4.78, 5) is 8.00. The summed E-state index contributed by atoms with van der Waals surface area (Å²) in [6, 6.07) is 10.0. The molecule has 0 aliphatic rings. The van der Waals surface area contributed by atoms with Gasteiger partial charge in [-0.25, -0.2) is 27.5 Å². The Bertz CT molecular complexity index is 839. The molecule has 112 valence electrons. The molecule has 2 aromatic carbocycles. The van der Waals surface area contributed by atoms with Gasteiger partial charge in [0, 0.05) is 10.3 Å². The molecule has 0 atom stereocenters. The zero-order valence-corrected chi connectivity index (χ0v) is 11.7. The second-order valence-electron chi connectivity index (χ2n) is 4.38. The van der Waals surface area contributed by atoms with Gasteiger partial charge in [-0.3, -0.25) is 0 Å². The highest BCUT2D eigenvalue weighted by atomic mass is 32.2. The summed E-state index contributed by atoms with van der Waals surface area (Å²) in [5, 5.41) is 0.841. The Morgan fingerprint density at radius 2 is 1.68 bits per heavy atom. The van der Waals surface area contributed by atoms with Crippen molar-refractivity contribution in [1.29, 1.82) is 0 Å². The molecule has 1 aromatic heterocycles. The number of halogens is 4. The second kappa shape index (κ2) is 5.92. The lowest BCUT2D eigenvalue weighted by molar-refractivity contribution is 0.140. The van der Waals surface area contributed by atoms with Crippen LogP contribution in [0.2, 0.25) is 0 Å². The third-order valence-corrected chi connectivity index (χ3v) is 3.88. The number of nitrogens with zero attached hydrogens (tertiary/aromatic N) is 2. The summed E-state index contributed by atoms with van der Waals surface area (Å²) in [7, 11) is 0. The summed E-state index contributed by atoms with van der Waals surface area (Å²) in [5.74, 6) is -2.56. The normalized spacial score (nSPS) is 11.3. The van der Waals surface area contributed by atoms with Crippen molar-refractivity contribution in [1.82, 2.24) is 9.97 Å². The summed E-state index contributed by atoms with van der Waals surface area (Å²) in [5.41, 5.74) is 0.373. The number of hydrogen-bond donors (Lipinski definition) is 0. The molecular weight excluding hydrogens is 316 g/mol. The van der Waals surface area contributed by atoms with Gasteiger partial charge in [0.25, 0.3) is 6.43 Å². The molecule has 0 spiro atoms. The summed E-state index contributed by atoms with van der Waals surface area (Å²) in [6.07, 6.45) is -2.81. The number of benzene rings is 2. The quantitative estimate of drug-likeness (QED) is 0.501. The number of aromatic nitrogens is 2. The van der Waals surface area contributed by atoms with Gasteiger partial charge < -0.3 is 0 Å². The molecule has 7 heteroatoms. The lowest BCUT2D eigenvalue weighted by Crippen LogP contribution is -1.98. The zero-order valence-electron chi connectivity index (χ0n) is 10.9. The van der Waals surface area contributed by atoms with E-state index < -0.39 is 23.9 Å². The number of hydrogen-bond acceptors (Lipinski definition) is 3. The average molecular weight is 324 g/mol. The largest absolute Gasteiger partial charge is 0.297 e. The van der Waals surface area contributed by atoms with Crippen LogP contribution >= 0.6 is 11.8 Å². The maximum atomic E-state index is 13.3. The molecule has 0 aliphatic carbocycles. The minimum absolute atomic E-state index is 0.270. The molecule has 0 bridgehead atoms. The van der Waals surface area contributed by atoms with Crippen molar-refractivity contribution in [2.45, 2.75) is 16.3 Å². The maximum absolute atomic E-state index is 13.3. The molecule has 22 heavy (non-hydrogen) atoms. The van der Waals surface area contributed by atoms with E-state index in [1.165, 1.54) is 6.07 Å². The van der Waals surface area contributed by atoms with E-state index in [0.29, 0.717) is 15.8 Å². The molecule has 0 unspecified atom stereocenters. The third-order valence-electron chi connectivity index (χ3n) is 2.89. The standard InChI is InChI=1S/C15H8F4N2S/c16-10-6-5-8(7-11(10)17)22-15-9-3-1-2-4-12(9)20-14(21-15)13(18)19/h1-7,13H. The van der Waals surface area contributed by atoms with Crippen molar-refractivity contribution in [3.8, 4) is 0 Å². The fraction of sp³-hybridized carbons (Fsp3) is 0.0667. The van der Waals surface area contributed by atoms with Crippen LogP contribution in [0.1, 0.15) is 12.2 Å². The van der Waals surface area contributed by atoms with Gasteiger partial charge >= 0.3 is 0 Å². The Balaban J connectivity index is 2.10. The SMILES string of the molecule is Fc1ccc(Sc2nc(C(F)F)nc3ccccc23)cc1F. The smallest absolute Gasteiger partial charge is 0.227 e.